The Kier molecular flexibility index (Phi) is 6.39. The van der Waals surface area contributed by atoms with Crippen LogP contribution in [0.3, 0.4) is 0 Å². The molecule has 0 aromatic heterocycles. The van der Waals surface area contributed by atoms with Gasteiger partial charge in [-0.25, -0.2) is 0 Å². The summed E-state index contributed by atoms with van der Waals surface area (Å²) >= 11 is 0. The van der Waals surface area contributed by atoms with Crippen molar-refractivity contribution in [3.8, 4) is 11.5 Å². The van der Waals surface area contributed by atoms with Crippen molar-refractivity contribution in [2.45, 2.75) is 52.8 Å². The smallest absolute Gasteiger partial charge is 0.250 e. The van der Waals surface area contributed by atoms with Crippen molar-refractivity contribution in [1.82, 2.24) is 0 Å². The molecule has 0 N–H and O–H groups in total. The summed E-state index contributed by atoms with van der Waals surface area (Å²) in [5.74, 6) is 0.209. The van der Waals surface area contributed by atoms with E-state index in [1.165, 1.54) is 0 Å². The number of Topliss-reactive ketones (excluding diaryl/α,β-unsaturated/α-hetero) is 1. The SMILES string of the molecule is COc1cccc(C(=O)C(C)C(C)C=O)c1O[Si](C)(C)C(C)(C)C. The van der Waals surface area contributed by atoms with Crippen molar-refractivity contribution < 1.29 is 18.8 Å². The summed E-state index contributed by atoms with van der Waals surface area (Å²) in [6.45, 7) is 14.2. The number of carbonyl (C=O) groups excluding carboxylic acids is 2. The number of ether oxygens (including phenoxy) is 1. The van der Waals surface area contributed by atoms with E-state index in [1.807, 2.05) is 0 Å². The van der Waals surface area contributed by atoms with E-state index >= 15 is 0 Å². The number of para-hydroxylation sites is 1. The molecule has 134 valence electrons. The highest BCUT2D eigenvalue weighted by Gasteiger charge is 2.40. The van der Waals surface area contributed by atoms with Crippen LogP contribution in [-0.2, 0) is 4.79 Å². The first kappa shape index (κ1) is 20.4. The van der Waals surface area contributed by atoms with Gasteiger partial charge in [0.25, 0.3) is 8.32 Å². The highest BCUT2D eigenvalue weighted by Crippen LogP contribution is 2.42. The summed E-state index contributed by atoms with van der Waals surface area (Å²) in [6.07, 6.45) is 0.817. The Labute approximate surface area is 146 Å². The summed E-state index contributed by atoms with van der Waals surface area (Å²) in [7, 11) is -0.574. The van der Waals surface area contributed by atoms with Crippen LogP contribution >= 0.6 is 0 Å². The highest BCUT2D eigenvalue weighted by atomic mass is 28.4. The zero-order chi connectivity index (χ0) is 18.7. The van der Waals surface area contributed by atoms with E-state index in [-0.39, 0.29) is 16.7 Å². The third-order valence-electron chi connectivity index (χ3n) is 5.04. The topological polar surface area (TPSA) is 52.6 Å². The van der Waals surface area contributed by atoms with E-state index in [0.29, 0.717) is 17.1 Å². The molecule has 1 aromatic rings. The van der Waals surface area contributed by atoms with Crippen molar-refractivity contribution in [2.24, 2.45) is 11.8 Å². The van der Waals surface area contributed by atoms with Crippen LogP contribution in [0.2, 0.25) is 18.1 Å². The molecule has 2 unspecified atom stereocenters. The van der Waals surface area contributed by atoms with E-state index in [4.69, 9.17) is 9.16 Å². The summed E-state index contributed by atoms with van der Waals surface area (Å²) in [5.41, 5.74) is 0.486. The zero-order valence-electron chi connectivity index (χ0n) is 16.1. The molecule has 0 heterocycles. The third kappa shape index (κ3) is 4.26. The molecule has 5 heteroatoms. The van der Waals surface area contributed by atoms with Gasteiger partial charge in [-0.15, -0.1) is 0 Å². The minimum atomic E-state index is -2.14. The van der Waals surface area contributed by atoms with Crippen LogP contribution in [0, 0.1) is 11.8 Å². The molecule has 0 fully saturated rings. The Hall–Kier alpha value is -1.62. The lowest BCUT2D eigenvalue weighted by Crippen LogP contribution is -2.44. The van der Waals surface area contributed by atoms with Crippen molar-refractivity contribution in [1.29, 1.82) is 0 Å². The molecule has 0 saturated carbocycles. The Morgan fingerprint density at radius 1 is 1.21 bits per heavy atom. The Morgan fingerprint density at radius 3 is 2.25 bits per heavy atom. The maximum Gasteiger partial charge on any atom is 0.250 e. The lowest BCUT2D eigenvalue weighted by Gasteiger charge is -2.37. The van der Waals surface area contributed by atoms with E-state index in [2.05, 4.69) is 33.9 Å². The number of aldehydes is 1. The van der Waals surface area contributed by atoms with E-state index in [9.17, 15) is 9.59 Å². The lowest BCUT2D eigenvalue weighted by molar-refractivity contribution is -0.111. The molecule has 1 aromatic carbocycles. The normalized spacial score (nSPS) is 14.7. The van der Waals surface area contributed by atoms with Crippen molar-refractivity contribution in [3.63, 3.8) is 0 Å². The minimum absolute atomic E-state index is 0.00409. The fourth-order valence-corrected chi connectivity index (χ4v) is 3.01. The lowest BCUT2D eigenvalue weighted by atomic mass is 9.89. The number of hydrogen-bond donors (Lipinski definition) is 0. The fraction of sp³-hybridized carbons (Fsp3) is 0.579. The molecular weight excluding hydrogens is 320 g/mol. The first-order valence-electron chi connectivity index (χ1n) is 8.31. The van der Waals surface area contributed by atoms with E-state index < -0.39 is 14.2 Å². The van der Waals surface area contributed by atoms with Crippen LogP contribution in [0.5, 0.6) is 11.5 Å². The number of ketones is 1. The second kappa shape index (κ2) is 7.51. The Morgan fingerprint density at radius 2 is 1.79 bits per heavy atom. The van der Waals surface area contributed by atoms with Gasteiger partial charge in [-0.05, 0) is 30.3 Å². The molecule has 1 rings (SSSR count). The molecule has 0 saturated heterocycles. The van der Waals surface area contributed by atoms with Gasteiger partial charge in [0.1, 0.15) is 6.29 Å². The van der Waals surface area contributed by atoms with E-state index in [1.54, 1.807) is 39.2 Å². The predicted octanol–water partition coefficient (Wildman–Crippen LogP) is 4.73. The molecular formula is C19H30O4Si. The van der Waals surface area contributed by atoms with Gasteiger partial charge in [0.05, 0.1) is 12.7 Å². The minimum Gasteiger partial charge on any atom is -0.541 e. The van der Waals surface area contributed by atoms with Gasteiger partial charge >= 0.3 is 0 Å². The van der Waals surface area contributed by atoms with Crippen LogP contribution in [0.25, 0.3) is 0 Å². The molecule has 0 aliphatic rings. The van der Waals surface area contributed by atoms with Gasteiger partial charge in [-0.2, -0.15) is 0 Å². The largest absolute Gasteiger partial charge is 0.541 e. The standard InChI is InChI=1S/C19H30O4Si/c1-13(12-20)14(2)17(21)15-10-9-11-16(22-6)18(15)23-24(7,8)19(3,4)5/h9-14H,1-8H3. The Bertz CT molecular complexity index is 602. The summed E-state index contributed by atoms with van der Waals surface area (Å²) in [5, 5.41) is -0.00409. The Balaban J connectivity index is 3.38. The third-order valence-corrected chi connectivity index (χ3v) is 9.37. The predicted molar refractivity (Wildman–Crippen MR) is 99.5 cm³/mol. The zero-order valence-corrected chi connectivity index (χ0v) is 17.1. The first-order chi connectivity index (χ1) is 11.0. The molecule has 0 radical (unpaired) electrons. The molecule has 0 amide bonds. The molecule has 0 aliphatic heterocycles. The van der Waals surface area contributed by atoms with Crippen LogP contribution in [0.4, 0.5) is 0 Å². The van der Waals surface area contributed by atoms with Crippen LogP contribution in [0.1, 0.15) is 45.0 Å². The number of hydrogen-bond acceptors (Lipinski definition) is 4. The fourth-order valence-electron chi connectivity index (χ4n) is 1.99. The van der Waals surface area contributed by atoms with Gasteiger partial charge in [-0.1, -0.05) is 40.7 Å². The molecule has 0 spiro atoms. The quantitative estimate of drug-likeness (QED) is 0.405. The molecule has 2 atom stereocenters. The van der Waals surface area contributed by atoms with Gasteiger partial charge in [0.2, 0.25) is 0 Å². The number of benzene rings is 1. The molecule has 0 aliphatic carbocycles. The second-order valence-electron chi connectivity index (χ2n) is 7.85. The van der Waals surface area contributed by atoms with Gasteiger partial charge < -0.3 is 14.0 Å². The van der Waals surface area contributed by atoms with E-state index in [0.717, 1.165) is 6.29 Å². The number of methoxy groups -OCH3 is 1. The van der Waals surface area contributed by atoms with Crippen molar-refractivity contribution >= 4 is 20.4 Å². The van der Waals surface area contributed by atoms with Crippen LogP contribution < -0.4 is 9.16 Å². The average molecular weight is 351 g/mol. The monoisotopic (exact) mass is 350 g/mol. The summed E-state index contributed by atoms with van der Waals surface area (Å²) in [4.78, 5) is 23.9. The molecule has 0 bridgehead atoms. The molecule has 4 nitrogen and oxygen atoms in total. The second-order valence-corrected chi connectivity index (χ2v) is 12.6. The van der Waals surface area contributed by atoms with Crippen molar-refractivity contribution in [3.05, 3.63) is 23.8 Å². The van der Waals surface area contributed by atoms with Gasteiger partial charge in [-0.3, -0.25) is 4.79 Å². The maximum absolute atomic E-state index is 12.9. The van der Waals surface area contributed by atoms with Gasteiger partial charge in [0, 0.05) is 11.8 Å². The maximum atomic E-state index is 12.9. The van der Waals surface area contributed by atoms with Crippen molar-refractivity contribution in [2.75, 3.05) is 7.11 Å². The first-order valence-corrected chi connectivity index (χ1v) is 11.2. The molecule has 24 heavy (non-hydrogen) atoms. The number of rotatable bonds is 7. The van der Waals surface area contributed by atoms with Crippen LogP contribution in [0.15, 0.2) is 18.2 Å². The average Bonchev–Trinajstić information content (AvgIpc) is 2.51. The van der Waals surface area contributed by atoms with Gasteiger partial charge in [0.15, 0.2) is 17.3 Å². The summed E-state index contributed by atoms with van der Waals surface area (Å²) in [6, 6.07) is 5.33. The van der Waals surface area contributed by atoms with Crippen LogP contribution in [-0.4, -0.2) is 27.5 Å². The number of carbonyl (C=O) groups is 2. The highest BCUT2D eigenvalue weighted by molar-refractivity contribution is 6.74. The summed E-state index contributed by atoms with van der Waals surface area (Å²) < 4.78 is 11.8.